The van der Waals surface area contributed by atoms with Gasteiger partial charge in [-0.3, -0.25) is 4.79 Å². The average molecular weight is 373 g/mol. The van der Waals surface area contributed by atoms with Gasteiger partial charge in [-0.15, -0.1) is 0 Å². The van der Waals surface area contributed by atoms with Crippen LogP contribution in [0.15, 0.2) is 35.1 Å². The molecule has 0 bridgehead atoms. The van der Waals surface area contributed by atoms with Crippen molar-refractivity contribution in [1.29, 1.82) is 0 Å². The molecule has 0 atom stereocenters. The first-order valence-corrected chi connectivity index (χ1v) is 10.0. The van der Waals surface area contributed by atoms with Crippen LogP contribution in [0.25, 0.3) is 22.3 Å². The summed E-state index contributed by atoms with van der Waals surface area (Å²) in [4.78, 5) is 13.2. The van der Waals surface area contributed by atoms with E-state index in [0.717, 1.165) is 34.5 Å². The van der Waals surface area contributed by atoms with Crippen LogP contribution in [0.2, 0.25) is 0 Å². The van der Waals surface area contributed by atoms with Crippen LogP contribution in [0.1, 0.15) is 40.4 Å². The molecule has 0 unspecified atom stereocenters. The van der Waals surface area contributed by atoms with Crippen LogP contribution >= 0.6 is 0 Å². The fourth-order valence-electron chi connectivity index (χ4n) is 4.63. The highest BCUT2D eigenvalue weighted by atomic mass is 16.1. The van der Waals surface area contributed by atoms with Gasteiger partial charge >= 0.3 is 0 Å². The molecule has 2 heterocycles. The molecule has 2 aromatic carbocycles. The first-order chi connectivity index (χ1) is 13.3. The highest BCUT2D eigenvalue weighted by Gasteiger charge is 2.27. The minimum atomic E-state index is 0.0966. The summed E-state index contributed by atoms with van der Waals surface area (Å²) in [5, 5.41) is 3.62. The van der Waals surface area contributed by atoms with Crippen molar-refractivity contribution in [2.24, 2.45) is 7.05 Å². The number of nitrogens with one attached hydrogen (secondary N) is 1. The lowest BCUT2D eigenvalue weighted by molar-refractivity contribution is 0.811. The van der Waals surface area contributed by atoms with Crippen molar-refractivity contribution in [2.75, 3.05) is 5.32 Å². The second kappa shape index (κ2) is 6.66. The van der Waals surface area contributed by atoms with Gasteiger partial charge in [0.15, 0.2) is 0 Å². The van der Waals surface area contributed by atoms with Gasteiger partial charge in [-0.2, -0.15) is 0 Å². The third-order valence-electron chi connectivity index (χ3n) is 6.28. The lowest BCUT2D eigenvalue weighted by Crippen LogP contribution is -2.27. The molecule has 1 aromatic heterocycles. The fourth-order valence-corrected chi connectivity index (χ4v) is 4.63. The molecule has 0 aliphatic carbocycles. The minimum absolute atomic E-state index is 0.0966. The van der Waals surface area contributed by atoms with Gasteiger partial charge in [-0.25, -0.2) is 0 Å². The number of hydrogen-bond donors (Lipinski definition) is 1. The van der Waals surface area contributed by atoms with E-state index in [-0.39, 0.29) is 5.56 Å². The molecule has 1 N–H and O–H groups in total. The van der Waals surface area contributed by atoms with E-state index < -0.39 is 0 Å². The number of rotatable bonds is 2. The van der Waals surface area contributed by atoms with E-state index in [0.29, 0.717) is 6.54 Å². The number of hydrogen-bond acceptors (Lipinski definition) is 2. The SMILES string of the molecule is CCc1c(C)c2c(c(C)c1-c1ccc(C)cc1)-c1c(cc(C)n(C)c1=O)CN2. The highest BCUT2D eigenvalue weighted by molar-refractivity contribution is 5.93. The maximum Gasteiger partial charge on any atom is 0.258 e. The Labute approximate surface area is 167 Å². The smallest absolute Gasteiger partial charge is 0.258 e. The minimum Gasteiger partial charge on any atom is -0.380 e. The summed E-state index contributed by atoms with van der Waals surface area (Å²) in [6.45, 7) is 11.4. The largest absolute Gasteiger partial charge is 0.380 e. The van der Waals surface area contributed by atoms with Crippen LogP contribution in [0.3, 0.4) is 0 Å². The third-order valence-corrected chi connectivity index (χ3v) is 6.28. The molecule has 3 heteroatoms. The molecule has 144 valence electrons. The molecule has 0 saturated heterocycles. The standard InChI is InChI=1S/C25H28N2O/c1-7-20-16(4)24-22(17(5)21(20)18-10-8-14(2)9-11-18)23-19(13-26-24)12-15(3)27(6)25(23)28/h8-12,26H,7,13H2,1-6H3. The Morgan fingerprint density at radius 1 is 0.964 bits per heavy atom. The number of anilines is 1. The molecule has 4 rings (SSSR count). The number of aryl methyl sites for hydroxylation is 2. The zero-order valence-corrected chi connectivity index (χ0v) is 17.7. The van der Waals surface area contributed by atoms with E-state index in [1.165, 1.54) is 33.4 Å². The van der Waals surface area contributed by atoms with Crippen molar-refractivity contribution in [2.45, 2.75) is 47.6 Å². The monoisotopic (exact) mass is 372 g/mol. The summed E-state index contributed by atoms with van der Waals surface area (Å²) in [5.41, 5.74) is 12.8. The van der Waals surface area contributed by atoms with Crippen LogP contribution in [0.4, 0.5) is 5.69 Å². The van der Waals surface area contributed by atoms with Gasteiger partial charge in [0, 0.05) is 30.5 Å². The zero-order chi connectivity index (χ0) is 20.2. The summed E-state index contributed by atoms with van der Waals surface area (Å²) >= 11 is 0. The van der Waals surface area contributed by atoms with Crippen LogP contribution < -0.4 is 10.9 Å². The molecule has 0 amide bonds. The van der Waals surface area contributed by atoms with Crippen molar-refractivity contribution >= 4 is 5.69 Å². The molecule has 1 aliphatic heterocycles. The molecular weight excluding hydrogens is 344 g/mol. The van der Waals surface area contributed by atoms with Crippen LogP contribution in [-0.2, 0) is 20.0 Å². The molecule has 3 nitrogen and oxygen atoms in total. The quantitative estimate of drug-likeness (QED) is 0.650. The fraction of sp³-hybridized carbons (Fsp3) is 0.320. The molecule has 3 aromatic rings. The second-order valence-corrected chi connectivity index (χ2v) is 7.98. The average Bonchev–Trinajstić information content (AvgIpc) is 2.69. The molecular formula is C25H28N2O. The van der Waals surface area contributed by atoms with E-state index in [4.69, 9.17) is 0 Å². The van der Waals surface area contributed by atoms with Crippen molar-refractivity contribution in [3.8, 4) is 22.3 Å². The lowest BCUT2D eigenvalue weighted by Gasteiger charge is -2.29. The Morgan fingerprint density at radius 3 is 2.29 bits per heavy atom. The van der Waals surface area contributed by atoms with Crippen molar-refractivity contribution in [3.63, 3.8) is 0 Å². The van der Waals surface area contributed by atoms with Crippen molar-refractivity contribution < 1.29 is 0 Å². The van der Waals surface area contributed by atoms with Crippen LogP contribution in [0.5, 0.6) is 0 Å². The van der Waals surface area contributed by atoms with E-state index >= 15 is 0 Å². The number of fused-ring (bicyclic) bond motifs is 3. The van der Waals surface area contributed by atoms with E-state index in [1.54, 1.807) is 4.57 Å². The molecule has 0 radical (unpaired) electrons. The first kappa shape index (κ1) is 18.5. The van der Waals surface area contributed by atoms with Crippen LogP contribution in [0, 0.1) is 27.7 Å². The third kappa shape index (κ3) is 2.61. The van der Waals surface area contributed by atoms with Gasteiger partial charge in [0.2, 0.25) is 0 Å². The van der Waals surface area contributed by atoms with Gasteiger partial charge in [0.1, 0.15) is 0 Å². The molecule has 0 saturated carbocycles. The van der Waals surface area contributed by atoms with Gasteiger partial charge in [0.25, 0.3) is 5.56 Å². The Balaban J connectivity index is 2.13. The Morgan fingerprint density at radius 2 is 1.64 bits per heavy atom. The maximum absolute atomic E-state index is 13.2. The van der Waals surface area contributed by atoms with E-state index in [9.17, 15) is 4.79 Å². The van der Waals surface area contributed by atoms with Gasteiger partial charge in [0.05, 0.1) is 5.56 Å². The van der Waals surface area contributed by atoms with Gasteiger partial charge in [-0.05, 0) is 73.6 Å². The Bertz CT molecular complexity index is 1150. The van der Waals surface area contributed by atoms with E-state index in [1.807, 2.05) is 14.0 Å². The number of benzene rings is 2. The Kier molecular flexibility index (Phi) is 4.41. The van der Waals surface area contributed by atoms with Crippen molar-refractivity contribution in [1.82, 2.24) is 4.57 Å². The number of pyridine rings is 1. The molecule has 28 heavy (non-hydrogen) atoms. The summed E-state index contributed by atoms with van der Waals surface area (Å²) in [5.74, 6) is 0. The van der Waals surface area contributed by atoms with Crippen molar-refractivity contribution in [3.05, 3.63) is 74.2 Å². The van der Waals surface area contributed by atoms with E-state index in [2.05, 4.69) is 63.3 Å². The maximum atomic E-state index is 13.2. The zero-order valence-electron chi connectivity index (χ0n) is 17.7. The number of nitrogens with zero attached hydrogens (tertiary/aromatic N) is 1. The van der Waals surface area contributed by atoms with Gasteiger partial charge < -0.3 is 9.88 Å². The predicted molar refractivity (Wildman–Crippen MR) is 118 cm³/mol. The summed E-state index contributed by atoms with van der Waals surface area (Å²) < 4.78 is 1.77. The normalized spacial score (nSPS) is 12.4. The second-order valence-electron chi connectivity index (χ2n) is 7.98. The highest BCUT2D eigenvalue weighted by Crippen LogP contribution is 2.45. The summed E-state index contributed by atoms with van der Waals surface area (Å²) in [6, 6.07) is 10.9. The predicted octanol–water partition coefficient (Wildman–Crippen LogP) is 5.44. The van der Waals surface area contributed by atoms with Crippen LogP contribution in [-0.4, -0.2) is 4.57 Å². The number of aromatic nitrogens is 1. The molecule has 0 spiro atoms. The molecule has 1 aliphatic rings. The lowest BCUT2D eigenvalue weighted by atomic mass is 9.81. The topological polar surface area (TPSA) is 34.0 Å². The first-order valence-electron chi connectivity index (χ1n) is 10.0. The van der Waals surface area contributed by atoms with Gasteiger partial charge in [-0.1, -0.05) is 36.8 Å². The summed E-state index contributed by atoms with van der Waals surface area (Å²) in [6.07, 6.45) is 0.962. The molecule has 0 fully saturated rings. The summed E-state index contributed by atoms with van der Waals surface area (Å²) in [7, 11) is 1.86. The Hall–Kier alpha value is -2.81.